The van der Waals surface area contributed by atoms with Crippen LogP contribution in [0.4, 0.5) is 5.69 Å². The number of ether oxygens (including phenoxy) is 1. The Morgan fingerprint density at radius 2 is 2.18 bits per heavy atom. The fraction of sp³-hybridized carbons (Fsp3) is 0.500. The number of hydrogen-bond acceptors (Lipinski definition) is 5. The lowest BCUT2D eigenvalue weighted by molar-refractivity contribution is -0.117. The molecule has 122 valence electrons. The summed E-state index contributed by atoms with van der Waals surface area (Å²) in [5, 5.41) is 11.1. The minimum absolute atomic E-state index is 0.00924. The first-order valence-corrected chi connectivity index (χ1v) is 8.57. The van der Waals surface area contributed by atoms with Crippen LogP contribution in [0, 0.1) is 13.8 Å². The highest BCUT2D eigenvalue weighted by Crippen LogP contribution is 2.23. The third kappa shape index (κ3) is 4.26. The quantitative estimate of drug-likeness (QED) is 0.735. The molecule has 1 aromatic carbocycles. The van der Waals surface area contributed by atoms with E-state index in [1.54, 1.807) is 6.92 Å². The highest BCUT2D eigenvalue weighted by Gasteiger charge is 2.19. The number of carbonyl (C=O) groups excluding carboxylic acids is 1. The SMILES string of the molecule is Cc1cc(S(N)(=O)=O)cc(NC(=O)CC2COCCN2)c1C. The molecule has 0 bridgehead atoms. The third-order valence-electron chi connectivity index (χ3n) is 3.67. The molecule has 1 aromatic rings. The summed E-state index contributed by atoms with van der Waals surface area (Å²) in [6, 6.07) is 2.86. The number of rotatable bonds is 4. The molecule has 0 aromatic heterocycles. The van der Waals surface area contributed by atoms with E-state index < -0.39 is 10.0 Å². The van der Waals surface area contributed by atoms with Gasteiger partial charge < -0.3 is 15.4 Å². The molecule has 1 heterocycles. The fourth-order valence-corrected chi connectivity index (χ4v) is 2.92. The van der Waals surface area contributed by atoms with Gasteiger partial charge in [-0.15, -0.1) is 0 Å². The first kappa shape index (κ1) is 16.9. The van der Waals surface area contributed by atoms with E-state index in [-0.39, 0.29) is 23.3 Å². The number of aryl methyl sites for hydroxylation is 1. The fourth-order valence-electron chi connectivity index (χ4n) is 2.30. The molecule has 2 rings (SSSR count). The van der Waals surface area contributed by atoms with Gasteiger partial charge in [-0.3, -0.25) is 4.79 Å². The molecule has 1 aliphatic heterocycles. The van der Waals surface area contributed by atoms with Crippen LogP contribution in [-0.2, 0) is 19.6 Å². The molecule has 0 radical (unpaired) electrons. The number of hydrogen-bond donors (Lipinski definition) is 3. The minimum Gasteiger partial charge on any atom is -0.378 e. The van der Waals surface area contributed by atoms with Crippen molar-refractivity contribution in [1.82, 2.24) is 5.32 Å². The van der Waals surface area contributed by atoms with E-state index in [1.807, 2.05) is 6.92 Å². The van der Waals surface area contributed by atoms with Crippen LogP contribution in [0.1, 0.15) is 17.5 Å². The molecule has 4 N–H and O–H groups in total. The second-order valence-corrected chi connectivity index (χ2v) is 7.00. The number of sulfonamides is 1. The third-order valence-corrected chi connectivity index (χ3v) is 4.57. The molecule has 8 heteroatoms. The molecule has 1 fully saturated rings. The summed E-state index contributed by atoms with van der Waals surface area (Å²) in [5.74, 6) is -0.197. The minimum atomic E-state index is -3.81. The molecule has 0 spiro atoms. The van der Waals surface area contributed by atoms with Crippen molar-refractivity contribution in [3.8, 4) is 0 Å². The van der Waals surface area contributed by atoms with Crippen LogP contribution in [0.2, 0.25) is 0 Å². The average Bonchev–Trinajstić information content (AvgIpc) is 2.43. The normalized spacial score (nSPS) is 19.0. The highest BCUT2D eigenvalue weighted by molar-refractivity contribution is 7.89. The van der Waals surface area contributed by atoms with E-state index in [2.05, 4.69) is 10.6 Å². The Labute approximate surface area is 130 Å². The number of nitrogens with two attached hydrogens (primary N) is 1. The zero-order valence-electron chi connectivity index (χ0n) is 12.7. The van der Waals surface area contributed by atoms with Crippen molar-refractivity contribution < 1.29 is 17.9 Å². The Morgan fingerprint density at radius 3 is 2.77 bits per heavy atom. The predicted octanol–water partition coefficient (Wildman–Crippen LogP) is 0.268. The van der Waals surface area contributed by atoms with Crippen LogP contribution in [0.3, 0.4) is 0 Å². The molecule has 1 amide bonds. The maximum Gasteiger partial charge on any atom is 0.238 e. The van der Waals surface area contributed by atoms with Crippen molar-refractivity contribution in [3.63, 3.8) is 0 Å². The predicted molar refractivity (Wildman–Crippen MR) is 83.1 cm³/mol. The average molecular weight is 327 g/mol. The Morgan fingerprint density at radius 1 is 1.45 bits per heavy atom. The summed E-state index contributed by atoms with van der Waals surface area (Å²) in [7, 11) is -3.81. The van der Waals surface area contributed by atoms with Crippen LogP contribution >= 0.6 is 0 Å². The molecule has 7 nitrogen and oxygen atoms in total. The zero-order chi connectivity index (χ0) is 16.3. The summed E-state index contributed by atoms with van der Waals surface area (Å²) >= 11 is 0. The van der Waals surface area contributed by atoms with Gasteiger partial charge in [-0.1, -0.05) is 0 Å². The summed E-state index contributed by atoms with van der Waals surface area (Å²) in [6.07, 6.45) is 0.262. The number of nitrogens with one attached hydrogen (secondary N) is 2. The van der Waals surface area contributed by atoms with Crippen LogP contribution < -0.4 is 15.8 Å². The number of anilines is 1. The van der Waals surface area contributed by atoms with Gasteiger partial charge >= 0.3 is 0 Å². The van der Waals surface area contributed by atoms with Crippen LogP contribution in [-0.4, -0.2) is 40.1 Å². The Hall–Kier alpha value is -1.48. The maximum atomic E-state index is 12.1. The zero-order valence-corrected chi connectivity index (χ0v) is 13.5. The largest absolute Gasteiger partial charge is 0.378 e. The van der Waals surface area contributed by atoms with Crippen LogP contribution in [0.15, 0.2) is 17.0 Å². The first-order chi connectivity index (χ1) is 10.3. The van der Waals surface area contributed by atoms with Crippen molar-refractivity contribution in [1.29, 1.82) is 0 Å². The van der Waals surface area contributed by atoms with Crippen LogP contribution in [0.25, 0.3) is 0 Å². The van der Waals surface area contributed by atoms with Crippen molar-refractivity contribution in [2.45, 2.75) is 31.2 Å². The van der Waals surface area contributed by atoms with E-state index in [4.69, 9.17) is 9.88 Å². The lowest BCUT2D eigenvalue weighted by Crippen LogP contribution is -2.43. The standard InChI is InChI=1S/C14H21N3O4S/c1-9-5-12(22(15,19)20)7-13(10(9)2)17-14(18)6-11-8-21-4-3-16-11/h5,7,11,16H,3-4,6,8H2,1-2H3,(H,17,18)(H2,15,19,20). The lowest BCUT2D eigenvalue weighted by atomic mass is 10.1. The molecule has 1 unspecified atom stereocenters. The molecular weight excluding hydrogens is 306 g/mol. The van der Waals surface area contributed by atoms with Crippen LogP contribution in [0.5, 0.6) is 0 Å². The smallest absolute Gasteiger partial charge is 0.238 e. The van der Waals surface area contributed by atoms with Gasteiger partial charge in [0.25, 0.3) is 0 Å². The number of benzene rings is 1. The molecule has 0 saturated carbocycles. The second-order valence-electron chi connectivity index (χ2n) is 5.44. The van der Waals surface area contributed by atoms with E-state index in [0.717, 1.165) is 17.7 Å². The van der Waals surface area contributed by atoms with E-state index in [0.29, 0.717) is 18.9 Å². The van der Waals surface area contributed by atoms with Crippen molar-refractivity contribution in [3.05, 3.63) is 23.3 Å². The van der Waals surface area contributed by atoms with Gasteiger partial charge in [0.1, 0.15) is 0 Å². The van der Waals surface area contributed by atoms with Crippen molar-refractivity contribution >= 4 is 21.6 Å². The van der Waals surface area contributed by atoms with Crippen molar-refractivity contribution in [2.24, 2.45) is 5.14 Å². The van der Waals surface area contributed by atoms with Gasteiger partial charge in [0.05, 0.1) is 18.1 Å². The molecule has 0 aliphatic carbocycles. The Balaban J connectivity index is 2.14. The van der Waals surface area contributed by atoms with Gasteiger partial charge in [-0.25, -0.2) is 13.6 Å². The van der Waals surface area contributed by atoms with Gasteiger partial charge in [-0.2, -0.15) is 0 Å². The monoisotopic (exact) mass is 327 g/mol. The Kier molecular flexibility index (Phi) is 5.17. The first-order valence-electron chi connectivity index (χ1n) is 7.02. The number of morpholine rings is 1. The second kappa shape index (κ2) is 6.74. The summed E-state index contributed by atoms with van der Waals surface area (Å²) in [5.41, 5.74) is 2.03. The topological polar surface area (TPSA) is 111 Å². The van der Waals surface area contributed by atoms with Gasteiger partial charge in [0.15, 0.2) is 0 Å². The molecular formula is C14H21N3O4S. The summed E-state index contributed by atoms with van der Waals surface area (Å²) in [6.45, 7) is 5.45. The summed E-state index contributed by atoms with van der Waals surface area (Å²) in [4.78, 5) is 12.1. The lowest BCUT2D eigenvalue weighted by Gasteiger charge is -2.23. The van der Waals surface area contributed by atoms with E-state index in [9.17, 15) is 13.2 Å². The maximum absolute atomic E-state index is 12.1. The number of carbonyl (C=O) groups is 1. The number of primary sulfonamides is 1. The molecule has 1 aliphatic rings. The molecule has 1 saturated heterocycles. The van der Waals surface area contributed by atoms with Gasteiger partial charge in [0, 0.05) is 24.7 Å². The van der Waals surface area contributed by atoms with E-state index in [1.165, 1.54) is 12.1 Å². The summed E-state index contributed by atoms with van der Waals surface area (Å²) < 4.78 is 28.3. The van der Waals surface area contributed by atoms with E-state index >= 15 is 0 Å². The van der Waals surface area contributed by atoms with Gasteiger partial charge in [0.2, 0.25) is 15.9 Å². The molecule has 22 heavy (non-hydrogen) atoms. The molecule has 1 atom stereocenters. The number of amides is 1. The Bertz CT molecular complexity index is 667. The van der Waals surface area contributed by atoms with Gasteiger partial charge in [-0.05, 0) is 37.1 Å². The highest BCUT2D eigenvalue weighted by atomic mass is 32.2. The van der Waals surface area contributed by atoms with Crippen molar-refractivity contribution in [2.75, 3.05) is 25.1 Å².